The lowest BCUT2D eigenvalue weighted by Crippen LogP contribution is -2.24. The number of hydrogen-bond acceptors (Lipinski definition) is 4. The minimum absolute atomic E-state index is 0.00225. The molecule has 0 radical (unpaired) electrons. The molecule has 6 nitrogen and oxygen atoms in total. The summed E-state index contributed by atoms with van der Waals surface area (Å²) in [7, 11) is 0. The average Bonchev–Trinajstić information content (AvgIpc) is 2.92. The highest BCUT2D eigenvalue weighted by atomic mass is 16.2. The largest absolute Gasteiger partial charge is 0.326 e. The van der Waals surface area contributed by atoms with Crippen molar-refractivity contribution in [2.24, 2.45) is 5.92 Å². The van der Waals surface area contributed by atoms with Gasteiger partial charge in [0.1, 0.15) is 12.7 Å². The van der Waals surface area contributed by atoms with E-state index in [1.165, 1.54) is 13.3 Å². The van der Waals surface area contributed by atoms with Crippen LogP contribution >= 0.6 is 0 Å². The summed E-state index contributed by atoms with van der Waals surface area (Å²) in [4.78, 5) is 27.0. The van der Waals surface area contributed by atoms with Crippen molar-refractivity contribution in [3.63, 3.8) is 0 Å². The van der Waals surface area contributed by atoms with Gasteiger partial charge in [-0.3, -0.25) is 14.3 Å². The van der Waals surface area contributed by atoms with Crippen molar-refractivity contribution in [3.05, 3.63) is 42.5 Å². The number of benzene rings is 1. The molecule has 0 saturated carbocycles. The van der Waals surface area contributed by atoms with E-state index in [1.807, 2.05) is 6.92 Å². The molecule has 0 fully saturated rings. The van der Waals surface area contributed by atoms with Crippen LogP contribution in [0.25, 0.3) is 0 Å². The number of carbonyl (C=O) groups is 2. The second kappa shape index (κ2) is 6.10. The highest BCUT2D eigenvalue weighted by Gasteiger charge is 2.14. The van der Waals surface area contributed by atoms with Crippen LogP contribution in [0.15, 0.2) is 36.9 Å². The van der Waals surface area contributed by atoms with Crippen LogP contribution in [-0.4, -0.2) is 26.5 Å². The molecule has 1 aromatic carbocycles. The van der Waals surface area contributed by atoms with Gasteiger partial charge in [-0.25, -0.2) is 4.98 Å². The molecule has 0 bridgehead atoms. The highest BCUT2D eigenvalue weighted by Crippen LogP contribution is 2.12. The maximum absolute atomic E-state index is 12.0. The first-order valence-corrected chi connectivity index (χ1v) is 6.30. The molecule has 0 unspecified atom stereocenters. The number of amides is 1. The molecule has 0 aliphatic carbocycles. The van der Waals surface area contributed by atoms with Gasteiger partial charge in [-0.1, -0.05) is 6.92 Å². The summed E-state index contributed by atoms with van der Waals surface area (Å²) in [6.07, 6.45) is 3.01. The van der Waals surface area contributed by atoms with Gasteiger partial charge in [0, 0.05) is 11.3 Å². The van der Waals surface area contributed by atoms with E-state index < -0.39 is 0 Å². The number of carbonyl (C=O) groups excluding carboxylic acids is 2. The number of hydrogen-bond donors (Lipinski definition) is 1. The molecule has 2 aromatic rings. The molecule has 104 valence electrons. The van der Waals surface area contributed by atoms with Crippen LogP contribution in [0, 0.1) is 5.92 Å². The molecule has 0 aliphatic rings. The van der Waals surface area contributed by atoms with Gasteiger partial charge in [-0.15, -0.1) is 0 Å². The van der Waals surface area contributed by atoms with Gasteiger partial charge in [0.05, 0.1) is 12.5 Å². The Morgan fingerprint density at radius 1 is 1.30 bits per heavy atom. The zero-order valence-corrected chi connectivity index (χ0v) is 11.4. The van der Waals surface area contributed by atoms with Crippen LogP contribution in [0.2, 0.25) is 0 Å². The average molecular weight is 272 g/mol. The van der Waals surface area contributed by atoms with E-state index in [9.17, 15) is 9.59 Å². The van der Waals surface area contributed by atoms with Crippen LogP contribution in [0.5, 0.6) is 0 Å². The molecular weight excluding hydrogens is 256 g/mol. The van der Waals surface area contributed by atoms with Crippen molar-refractivity contribution in [2.75, 3.05) is 5.32 Å². The maximum Gasteiger partial charge on any atom is 0.229 e. The minimum Gasteiger partial charge on any atom is -0.326 e. The maximum atomic E-state index is 12.0. The fourth-order valence-electron chi connectivity index (χ4n) is 1.74. The second-order valence-electron chi connectivity index (χ2n) is 4.64. The normalized spacial score (nSPS) is 11.9. The Morgan fingerprint density at radius 3 is 2.55 bits per heavy atom. The van der Waals surface area contributed by atoms with Crippen LogP contribution in [-0.2, 0) is 11.3 Å². The zero-order chi connectivity index (χ0) is 14.5. The van der Waals surface area contributed by atoms with Crippen LogP contribution in [0.1, 0.15) is 24.2 Å². The first kappa shape index (κ1) is 13.9. The molecule has 1 N–H and O–H groups in total. The minimum atomic E-state index is -0.232. The summed E-state index contributed by atoms with van der Waals surface area (Å²) in [5.74, 6) is -0.331. The van der Waals surface area contributed by atoms with Crippen molar-refractivity contribution >= 4 is 17.4 Å². The molecule has 1 atom stereocenters. The highest BCUT2D eigenvalue weighted by molar-refractivity contribution is 5.96. The number of rotatable bonds is 5. The van der Waals surface area contributed by atoms with Gasteiger partial charge in [-0.2, -0.15) is 5.10 Å². The van der Waals surface area contributed by atoms with E-state index in [0.717, 1.165) is 0 Å². The number of ketones is 1. The van der Waals surface area contributed by atoms with Crippen LogP contribution in [0.4, 0.5) is 5.69 Å². The molecular formula is C14H16N4O2. The summed E-state index contributed by atoms with van der Waals surface area (Å²) >= 11 is 0. The fourth-order valence-corrected chi connectivity index (χ4v) is 1.74. The Hall–Kier alpha value is -2.50. The summed E-state index contributed by atoms with van der Waals surface area (Å²) in [5, 5.41) is 6.77. The lowest BCUT2D eigenvalue weighted by Gasteiger charge is -2.12. The standard InChI is InChI=1S/C14H16N4O2/c1-10(7-18-9-15-8-16-18)14(20)17-13-5-3-12(4-6-13)11(2)19/h3-6,8-10H,7H2,1-2H3,(H,17,20)/t10-/m1/s1. The van der Waals surface area contributed by atoms with E-state index in [4.69, 9.17) is 0 Å². The van der Waals surface area contributed by atoms with Gasteiger partial charge >= 0.3 is 0 Å². The summed E-state index contributed by atoms with van der Waals surface area (Å²) in [6, 6.07) is 6.83. The molecule has 20 heavy (non-hydrogen) atoms. The number of Topliss-reactive ketones (excluding diaryl/α,β-unsaturated/α-hetero) is 1. The van der Waals surface area contributed by atoms with Gasteiger partial charge in [0.2, 0.25) is 5.91 Å². The molecule has 1 amide bonds. The first-order valence-electron chi connectivity index (χ1n) is 6.30. The van der Waals surface area contributed by atoms with Crippen molar-refractivity contribution in [2.45, 2.75) is 20.4 Å². The Labute approximate surface area is 116 Å². The summed E-state index contributed by atoms with van der Waals surface area (Å²) in [5.41, 5.74) is 1.30. The Bertz CT molecular complexity index is 590. The molecule has 1 aromatic heterocycles. The predicted molar refractivity (Wildman–Crippen MR) is 74.3 cm³/mol. The van der Waals surface area contributed by atoms with Gasteiger partial charge in [0.15, 0.2) is 5.78 Å². The smallest absolute Gasteiger partial charge is 0.229 e. The topological polar surface area (TPSA) is 76.9 Å². The third-order valence-electron chi connectivity index (χ3n) is 2.93. The second-order valence-corrected chi connectivity index (χ2v) is 4.64. The predicted octanol–water partition coefficient (Wildman–Crippen LogP) is 1.76. The third-order valence-corrected chi connectivity index (χ3v) is 2.93. The van der Waals surface area contributed by atoms with Gasteiger partial charge in [-0.05, 0) is 31.2 Å². The van der Waals surface area contributed by atoms with Gasteiger partial charge < -0.3 is 5.32 Å². The SMILES string of the molecule is CC(=O)c1ccc(NC(=O)[C@H](C)Cn2cncn2)cc1. The number of aromatic nitrogens is 3. The summed E-state index contributed by atoms with van der Waals surface area (Å²) < 4.78 is 1.61. The van der Waals surface area contributed by atoms with Crippen molar-refractivity contribution in [1.82, 2.24) is 14.8 Å². The van der Waals surface area contributed by atoms with Crippen LogP contribution in [0.3, 0.4) is 0 Å². The van der Waals surface area contributed by atoms with Crippen LogP contribution < -0.4 is 5.32 Å². The third kappa shape index (κ3) is 3.50. The monoisotopic (exact) mass is 272 g/mol. The molecule has 2 rings (SSSR count). The van der Waals surface area contributed by atoms with E-state index in [0.29, 0.717) is 17.8 Å². The number of nitrogens with one attached hydrogen (secondary N) is 1. The lowest BCUT2D eigenvalue weighted by atomic mass is 10.1. The zero-order valence-electron chi connectivity index (χ0n) is 11.4. The van der Waals surface area contributed by atoms with E-state index in [2.05, 4.69) is 15.4 Å². The quantitative estimate of drug-likeness (QED) is 0.841. The fraction of sp³-hybridized carbons (Fsp3) is 0.286. The van der Waals surface area contributed by atoms with Crippen molar-refractivity contribution in [3.8, 4) is 0 Å². The lowest BCUT2D eigenvalue weighted by molar-refractivity contribution is -0.119. The molecule has 0 aliphatic heterocycles. The van der Waals surface area contributed by atoms with E-state index in [1.54, 1.807) is 35.3 Å². The molecule has 0 saturated heterocycles. The van der Waals surface area contributed by atoms with Crippen molar-refractivity contribution < 1.29 is 9.59 Å². The molecule has 1 heterocycles. The Kier molecular flexibility index (Phi) is 4.24. The summed E-state index contributed by atoms with van der Waals surface area (Å²) in [6.45, 7) is 3.80. The molecule has 6 heteroatoms. The van der Waals surface area contributed by atoms with E-state index in [-0.39, 0.29) is 17.6 Å². The van der Waals surface area contributed by atoms with Crippen molar-refractivity contribution in [1.29, 1.82) is 0 Å². The van der Waals surface area contributed by atoms with E-state index >= 15 is 0 Å². The Morgan fingerprint density at radius 2 is 2.00 bits per heavy atom. The molecule has 0 spiro atoms. The van der Waals surface area contributed by atoms with Gasteiger partial charge in [0.25, 0.3) is 0 Å². The number of nitrogens with zero attached hydrogens (tertiary/aromatic N) is 3. The number of anilines is 1. The Balaban J connectivity index is 1.95. The first-order chi connectivity index (χ1) is 9.56.